The van der Waals surface area contributed by atoms with Gasteiger partial charge in [-0.05, 0) is 18.2 Å². The molecule has 4 heteroatoms. The maximum Gasteiger partial charge on any atom is 0.127 e. The summed E-state index contributed by atoms with van der Waals surface area (Å²) >= 11 is 1.74. The van der Waals surface area contributed by atoms with Crippen LogP contribution in [0.1, 0.15) is 11.6 Å². The molecule has 0 fully saturated rings. The first-order valence-electron chi connectivity index (χ1n) is 6.40. The topological polar surface area (TPSA) is 44.5 Å². The Morgan fingerprint density at radius 3 is 2.45 bits per heavy atom. The molecule has 2 rings (SSSR count). The van der Waals surface area contributed by atoms with E-state index in [9.17, 15) is 0 Å². The lowest BCUT2D eigenvalue weighted by atomic mass is 10.1. The number of methoxy groups -OCH3 is 2. The van der Waals surface area contributed by atoms with Gasteiger partial charge in [0.1, 0.15) is 11.5 Å². The highest BCUT2D eigenvalue weighted by Crippen LogP contribution is 2.31. The summed E-state index contributed by atoms with van der Waals surface area (Å²) in [4.78, 5) is 1.22. The summed E-state index contributed by atoms with van der Waals surface area (Å²) in [5.41, 5.74) is 7.27. The minimum atomic E-state index is -0.0823. The average molecular weight is 289 g/mol. The quantitative estimate of drug-likeness (QED) is 0.827. The Kier molecular flexibility index (Phi) is 5.32. The van der Waals surface area contributed by atoms with Crippen LogP contribution in [0.4, 0.5) is 0 Å². The highest BCUT2D eigenvalue weighted by Gasteiger charge is 2.13. The summed E-state index contributed by atoms with van der Waals surface area (Å²) < 4.78 is 10.6. The molecule has 0 aliphatic carbocycles. The van der Waals surface area contributed by atoms with Gasteiger partial charge in [-0.15, -0.1) is 11.8 Å². The van der Waals surface area contributed by atoms with Crippen LogP contribution in [-0.2, 0) is 0 Å². The SMILES string of the molecule is COc1ccc(C(N)CSc2ccccc2)c(OC)c1. The molecule has 0 amide bonds. The molecule has 20 heavy (non-hydrogen) atoms. The first kappa shape index (κ1) is 14.8. The smallest absolute Gasteiger partial charge is 0.127 e. The van der Waals surface area contributed by atoms with E-state index in [-0.39, 0.29) is 6.04 Å². The van der Waals surface area contributed by atoms with Crippen LogP contribution in [0.3, 0.4) is 0 Å². The van der Waals surface area contributed by atoms with Crippen molar-refractivity contribution >= 4 is 11.8 Å². The van der Waals surface area contributed by atoms with E-state index < -0.39 is 0 Å². The molecule has 1 atom stereocenters. The summed E-state index contributed by atoms with van der Waals surface area (Å²) in [6.45, 7) is 0. The molecule has 0 saturated carbocycles. The van der Waals surface area contributed by atoms with Crippen LogP contribution in [0, 0.1) is 0 Å². The van der Waals surface area contributed by atoms with E-state index in [1.165, 1.54) is 4.90 Å². The van der Waals surface area contributed by atoms with Gasteiger partial charge in [0.15, 0.2) is 0 Å². The van der Waals surface area contributed by atoms with Gasteiger partial charge in [0.2, 0.25) is 0 Å². The molecule has 106 valence electrons. The molecule has 2 aromatic rings. The maximum atomic E-state index is 6.27. The van der Waals surface area contributed by atoms with Crippen LogP contribution in [0.5, 0.6) is 11.5 Å². The maximum absolute atomic E-state index is 6.27. The van der Waals surface area contributed by atoms with Crippen LogP contribution in [-0.4, -0.2) is 20.0 Å². The summed E-state index contributed by atoms with van der Waals surface area (Å²) in [6.07, 6.45) is 0. The fourth-order valence-electron chi connectivity index (χ4n) is 1.92. The first-order chi connectivity index (χ1) is 9.74. The van der Waals surface area contributed by atoms with Crippen molar-refractivity contribution in [3.05, 3.63) is 54.1 Å². The van der Waals surface area contributed by atoms with Crippen molar-refractivity contribution < 1.29 is 9.47 Å². The third kappa shape index (κ3) is 3.68. The van der Waals surface area contributed by atoms with Gasteiger partial charge in [0.25, 0.3) is 0 Å². The predicted molar refractivity (Wildman–Crippen MR) is 83.6 cm³/mol. The van der Waals surface area contributed by atoms with Crippen LogP contribution in [0.15, 0.2) is 53.4 Å². The molecule has 2 aromatic carbocycles. The molecule has 0 aliphatic heterocycles. The number of benzene rings is 2. The number of hydrogen-bond donors (Lipinski definition) is 1. The highest BCUT2D eigenvalue weighted by molar-refractivity contribution is 7.99. The summed E-state index contributed by atoms with van der Waals surface area (Å²) in [5, 5.41) is 0. The second-order valence-electron chi connectivity index (χ2n) is 4.34. The molecular formula is C16H19NO2S. The molecule has 1 unspecified atom stereocenters. The van der Waals surface area contributed by atoms with Gasteiger partial charge in [0.05, 0.1) is 14.2 Å². The molecule has 0 aliphatic rings. The summed E-state index contributed by atoms with van der Waals surface area (Å²) in [6, 6.07) is 15.9. The highest BCUT2D eigenvalue weighted by atomic mass is 32.2. The number of thioether (sulfide) groups is 1. The Hall–Kier alpha value is -1.65. The lowest BCUT2D eigenvalue weighted by Gasteiger charge is -2.16. The molecule has 0 saturated heterocycles. The van der Waals surface area contributed by atoms with Gasteiger partial charge < -0.3 is 15.2 Å². The fraction of sp³-hybridized carbons (Fsp3) is 0.250. The molecular weight excluding hydrogens is 270 g/mol. The van der Waals surface area contributed by atoms with E-state index in [1.807, 2.05) is 36.4 Å². The zero-order chi connectivity index (χ0) is 14.4. The first-order valence-corrected chi connectivity index (χ1v) is 7.38. The number of nitrogens with two attached hydrogens (primary N) is 1. The van der Waals surface area contributed by atoms with Crippen molar-refractivity contribution in [2.45, 2.75) is 10.9 Å². The van der Waals surface area contributed by atoms with Crippen molar-refractivity contribution in [2.75, 3.05) is 20.0 Å². The molecule has 0 aromatic heterocycles. The zero-order valence-corrected chi connectivity index (χ0v) is 12.5. The van der Waals surface area contributed by atoms with E-state index in [0.29, 0.717) is 0 Å². The zero-order valence-electron chi connectivity index (χ0n) is 11.7. The summed E-state index contributed by atoms with van der Waals surface area (Å²) in [7, 11) is 3.29. The van der Waals surface area contributed by atoms with Crippen LogP contribution >= 0.6 is 11.8 Å². The number of hydrogen-bond acceptors (Lipinski definition) is 4. The Balaban J connectivity index is 2.07. The predicted octanol–water partition coefficient (Wildman–Crippen LogP) is 3.50. The lowest BCUT2D eigenvalue weighted by Crippen LogP contribution is -2.14. The number of ether oxygens (including phenoxy) is 2. The van der Waals surface area contributed by atoms with E-state index in [2.05, 4.69) is 12.1 Å². The molecule has 0 radical (unpaired) electrons. The average Bonchev–Trinajstić information content (AvgIpc) is 2.52. The fourth-order valence-corrected chi connectivity index (χ4v) is 2.82. The monoisotopic (exact) mass is 289 g/mol. The van der Waals surface area contributed by atoms with E-state index in [1.54, 1.807) is 26.0 Å². The van der Waals surface area contributed by atoms with E-state index in [4.69, 9.17) is 15.2 Å². The lowest BCUT2D eigenvalue weighted by molar-refractivity contribution is 0.389. The number of rotatable bonds is 6. The van der Waals surface area contributed by atoms with Gasteiger partial charge >= 0.3 is 0 Å². The van der Waals surface area contributed by atoms with Crippen LogP contribution in [0.2, 0.25) is 0 Å². The van der Waals surface area contributed by atoms with Gasteiger partial charge in [-0.3, -0.25) is 0 Å². The van der Waals surface area contributed by atoms with Gasteiger partial charge in [0, 0.05) is 28.3 Å². The normalized spacial score (nSPS) is 11.9. The summed E-state index contributed by atoms with van der Waals surface area (Å²) in [5.74, 6) is 2.34. The van der Waals surface area contributed by atoms with Gasteiger partial charge in [-0.1, -0.05) is 24.3 Å². The van der Waals surface area contributed by atoms with Crippen molar-refractivity contribution in [1.29, 1.82) is 0 Å². The third-order valence-corrected chi connectivity index (χ3v) is 4.14. The second-order valence-corrected chi connectivity index (χ2v) is 5.43. The minimum absolute atomic E-state index is 0.0823. The Bertz CT molecular complexity index is 545. The Morgan fingerprint density at radius 1 is 1.05 bits per heavy atom. The molecule has 2 N–H and O–H groups in total. The molecule has 0 heterocycles. The van der Waals surface area contributed by atoms with Gasteiger partial charge in [-0.2, -0.15) is 0 Å². The third-order valence-electron chi connectivity index (χ3n) is 3.01. The van der Waals surface area contributed by atoms with Crippen LogP contribution in [0.25, 0.3) is 0 Å². The van der Waals surface area contributed by atoms with Crippen molar-refractivity contribution in [2.24, 2.45) is 5.73 Å². The second kappa shape index (κ2) is 7.22. The minimum Gasteiger partial charge on any atom is -0.497 e. The molecule has 0 spiro atoms. The molecule has 0 bridgehead atoms. The van der Waals surface area contributed by atoms with Crippen LogP contribution < -0.4 is 15.2 Å². The van der Waals surface area contributed by atoms with E-state index in [0.717, 1.165) is 22.8 Å². The van der Waals surface area contributed by atoms with Crippen molar-refractivity contribution in [3.63, 3.8) is 0 Å². The van der Waals surface area contributed by atoms with Gasteiger partial charge in [-0.25, -0.2) is 0 Å². The Labute approximate surface area is 124 Å². The largest absolute Gasteiger partial charge is 0.497 e. The molecule has 3 nitrogen and oxygen atoms in total. The van der Waals surface area contributed by atoms with Crippen molar-refractivity contribution in [1.82, 2.24) is 0 Å². The standard InChI is InChI=1S/C16H19NO2S/c1-18-12-8-9-14(16(10-12)19-2)15(17)11-20-13-6-4-3-5-7-13/h3-10,15H,11,17H2,1-2H3. The van der Waals surface area contributed by atoms with Crippen molar-refractivity contribution in [3.8, 4) is 11.5 Å². The Morgan fingerprint density at radius 2 is 1.80 bits per heavy atom. The van der Waals surface area contributed by atoms with E-state index >= 15 is 0 Å².